The van der Waals surface area contributed by atoms with Crippen LogP contribution in [0.5, 0.6) is 0 Å². The van der Waals surface area contributed by atoms with E-state index in [4.69, 9.17) is 0 Å². The third-order valence-electron chi connectivity index (χ3n) is 3.39. The van der Waals surface area contributed by atoms with E-state index < -0.39 is 9.84 Å². The minimum Gasteiger partial charge on any atom is -0.308 e. The van der Waals surface area contributed by atoms with Crippen LogP contribution in [0.4, 0.5) is 0 Å². The van der Waals surface area contributed by atoms with Gasteiger partial charge in [-0.3, -0.25) is 4.79 Å². The lowest BCUT2D eigenvalue weighted by Crippen LogP contribution is -2.40. The zero-order valence-electron chi connectivity index (χ0n) is 10.8. The summed E-state index contributed by atoms with van der Waals surface area (Å²) in [6.45, 7) is 0.376. The molecule has 1 fully saturated rings. The van der Waals surface area contributed by atoms with Gasteiger partial charge in [0.15, 0.2) is 9.84 Å². The third kappa shape index (κ3) is 2.92. The van der Waals surface area contributed by atoms with Crippen molar-refractivity contribution in [1.82, 2.24) is 15.3 Å². The molecule has 1 aliphatic rings. The first-order valence-electron chi connectivity index (χ1n) is 6.44. The molecule has 0 bridgehead atoms. The van der Waals surface area contributed by atoms with Gasteiger partial charge in [-0.1, -0.05) is 0 Å². The first-order valence-corrected chi connectivity index (χ1v) is 9.14. The molecular weight excluding hydrogens is 298 g/mol. The summed E-state index contributed by atoms with van der Waals surface area (Å²) in [6, 6.07) is 1.75. The summed E-state index contributed by atoms with van der Waals surface area (Å²) in [5.74, 6) is 0.989. The molecule has 2 aromatic rings. The molecule has 6 nitrogen and oxygen atoms in total. The van der Waals surface area contributed by atoms with Crippen LogP contribution in [-0.2, 0) is 16.4 Å². The van der Waals surface area contributed by atoms with E-state index in [0.29, 0.717) is 29.0 Å². The van der Waals surface area contributed by atoms with Crippen LogP contribution >= 0.6 is 11.3 Å². The maximum atomic E-state index is 11.8. The maximum absolute atomic E-state index is 11.8. The van der Waals surface area contributed by atoms with Gasteiger partial charge >= 0.3 is 0 Å². The fourth-order valence-electron chi connectivity index (χ4n) is 2.43. The summed E-state index contributed by atoms with van der Waals surface area (Å²) in [4.78, 5) is 18.9. The van der Waals surface area contributed by atoms with Crippen LogP contribution in [0.25, 0.3) is 10.2 Å². The summed E-state index contributed by atoms with van der Waals surface area (Å²) in [5.41, 5.74) is 0.546. The van der Waals surface area contributed by atoms with Gasteiger partial charge in [0.2, 0.25) is 0 Å². The van der Waals surface area contributed by atoms with Gasteiger partial charge in [-0.15, -0.1) is 11.3 Å². The van der Waals surface area contributed by atoms with Crippen molar-refractivity contribution < 1.29 is 8.42 Å². The van der Waals surface area contributed by atoms with E-state index in [1.165, 1.54) is 11.3 Å². The van der Waals surface area contributed by atoms with E-state index in [2.05, 4.69) is 15.3 Å². The second kappa shape index (κ2) is 5.27. The minimum atomic E-state index is -2.92. The second-order valence-corrected chi connectivity index (χ2v) is 8.13. The Morgan fingerprint density at radius 1 is 1.50 bits per heavy atom. The summed E-state index contributed by atoms with van der Waals surface area (Å²) in [5, 5.41) is 5.00. The van der Waals surface area contributed by atoms with Crippen molar-refractivity contribution in [2.75, 3.05) is 11.5 Å². The van der Waals surface area contributed by atoms with Crippen LogP contribution < -0.4 is 10.9 Å². The van der Waals surface area contributed by atoms with Crippen molar-refractivity contribution in [3.05, 3.63) is 27.6 Å². The number of sulfone groups is 1. The fraction of sp³-hybridized carbons (Fsp3) is 0.500. The Bertz CT molecular complexity index is 779. The van der Waals surface area contributed by atoms with E-state index in [9.17, 15) is 13.2 Å². The first-order chi connectivity index (χ1) is 9.53. The van der Waals surface area contributed by atoms with Gasteiger partial charge in [0.1, 0.15) is 10.5 Å². The molecule has 2 aromatic heterocycles. The average Bonchev–Trinajstić information content (AvgIpc) is 2.84. The van der Waals surface area contributed by atoms with Crippen molar-refractivity contribution in [3.63, 3.8) is 0 Å². The number of nitrogens with zero attached hydrogens (tertiary/aromatic N) is 1. The maximum Gasteiger partial charge on any atom is 0.268 e. The number of rotatable bonds is 3. The molecular formula is C12H15N3O3S2. The van der Waals surface area contributed by atoms with E-state index >= 15 is 0 Å². The molecule has 3 rings (SSSR count). The molecule has 0 aromatic carbocycles. The number of fused-ring (bicyclic) bond motifs is 1. The van der Waals surface area contributed by atoms with Gasteiger partial charge in [0.05, 0.1) is 23.6 Å². The zero-order chi connectivity index (χ0) is 14.2. The van der Waals surface area contributed by atoms with Crippen LogP contribution in [0.2, 0.25) is 0 Å². The SMILES string of the molecule is O=c1[nH]c(CNC2CCCS(=O)(=O)C2)nc2ccsc12. The molecule has 0 saturated carbocycles. The van der Waals surface area contributed by atoms with Crippen molar-refractivity contribution >= 4 is 31.4 Å². The summed E-state index contributed by atoms with van der Waals surface area (Å²) in [7, 11) is -2.92. The highest BCUT2D eigenvalue weighted by Gasteiger charge is 2.24. The van der Waals surface area contributed by atoms with Gasteiger partial charge in [-0.2, -0.15) is 0 Å². The van der Waals surface area contributed by atoms with Crippen LogP contribution in [0.3, 0.4) is 0 Å². The van der Waals surface area contributed by atoms with Crippen LogP contribution in [0.15, 0.2) is 16.2 Å². The Labute approximate surface area is 120 Å². The lowest BCUT2D eigenvalue weighted by Gasteiger charge is -2.22. The standard InChI is InChI=1S/C12H15N3O3S2/c16-12-11-9(3-4-19-11)14-10(15-12)6-13-8-2-1-5-20(17,18)7-8/h3-4,8,13H,1-2,5-7H2,(H,14,15,16). The van der Waals surface area contributed by atoms with E-state index in [1.807, 2.05) is 11.4 Å². The Morgan fingerprint density at radius 3 is 3.15 bits per heavy atom. The molecule has 108 valence electrons. The summed E-state index contributed by atoms with van der Waals surface area (Å²) >= 11 is 1.36. The number of thiophene rings is 1. The van der Waals surface area contributed by atoms with Crippen LogP contribution in [-0.4, -0.2) is 35.9 Å². The van der Waals surface area contributed by atoms with Crippen molar-refractivity contribution in [2.24, 2.45) is 0 Å². The smallest absolute Gasteiger partial charge is 0.268 e. The predicted octanol–water partition coefficient (Wildman–Crippen LogP) is 0.651. The molecule has 1 saturated heterocycles. The quantitative estimate of drug-likeness (QED) is 0.868. The van der Waals surface area contributed by atoms with Gasteiger partial charge in [-0.05, 0) is 24.3 Å². The molecule has 0 radical (unpaired) electrons. The molecule has 20 heavy (non-hydrogen) atoms. The molecule has 0 aliphatic carbocycles. The number of hydrogen-bond donors (Lipinski definition) is 2. The average molecular weight is 313 g/mol. The Morgan fingerprint density at radius 2 is 2.35 bits per heavy atom. The number of nitrogens with one attached hydrogen (secondary N) is 2. The monoisotopic (exact) mass is 313 g/mol. The molecule has 3 heterocycles. The van der Waals surface area contributed by atoms with Crippen molar-refractivity contribution in [2.45, 2.75) is 25.4 Å². The normalized spacial score (nSPS) is 22.1. The minimum absolute atomic E-state index is 0.0581. The summed E-state index contributed by atoms with van der Waals surface area (Å²) in [6.07, 6.45) is 1.53. The Kier molecular flexibility index (Phi) is 3.61. The van der Waals surface area contributed by atoms with E-state index in [1.54, 1.807) is 0 Å². The van der Waals surface area contributed by atoms with Gasteiger partial charge in [0, 0.05) is 6.04 Å². The van der Waals surface area contributed by atoms with Gasteiger partial charge in [0.25, 0.3) is 5.56 Å². The second-order valence-electron chi connectivity index (χ2n) is 4.98. The van der Waals surface area contributed by atoms with Crippen LogP contribution in [0.1, 0.15) is 18.7 Å². The lowest BCUT2D eigenvalue weighted by atomic mass is 10.2. The Hall–Kier alpha value is -1.25. The van der Waals surface area contributed by atoms with Gasteiger partial charge < -0.3 is 10.3 Å². The molecule has 0 amide bonds. The molecule has 0 spiro atoms. The third-order valence-corrected chi connectivity index (χ3v) is 6.11. The molecule has 1 atom stereocenters. The van der Waals surface area contributed by atoms with E-state index in [-0.39, 0.29) is 23.1 Å². The Balaban J connectivity index is 1.72. The molecule has 1 aliphatic heterocycles. The predicted molar refractivity (Wildman–Crippen MR) is 78.8 cm³/mol. The van der Waals surface area contributed by atoms with Crippen molar-refractivity contribution in [1.29, 1.82) is 0 Å². The lowest BCUT2D eigenvalue weighted by molar-refractivity contribution is 0.474. The highest BCUT2D eigenvalue weighted by atomic mass is 32.2. The summed E-state index contributed by atoms with van der Waals surface area (Å²) < 4.78 is 23.7. The van der Waals surface area contributed by atoms with E-state index in [0.717, 1.165) is 6.42 Å². The number of hydrogen-bond acceptors (Lipinski definition) is 6. The largest absolute Gasteiger partial charge is 0.308 e. The number of aromatic nitrogens is 2. The number of aromatic amines is 1. The van der Waals surface area contributed by atoms with Crippen LogP contribution in [0, 0.1) is 0 Å². The van der Waals surface area contributed by atoms with Gasteiger partial charge in [-0.25, -0.2) is 13.4 Å². The number of H-pyrrole nitrogens is 1. The molecule has 2 N–H and O–H groups in total. The first kappa shape index (κ1) is 13.7. The highest BCUT2D eigenvalue weighted by Crippen LogP contribution is 2.14. The highest BCUT2D eigenvalue weighted by molar-refractivity contribution is 7.91. The zero-order valence-corrected chi connectivity index (χ0v) is 12.4. The topological polar surface area (TPSA) is 91.9 Å². The molecule has 1 unspecified atom stereocenters. The fourth-order valence-corrected chi connectivity index (χ4v) is 4.83. The molecule has 8 heteroatoms. The van der Waals surface area contributed by atoms with Crippen molar-refractivity contribution in [3.8, 4) is 0 Å².